The maximum absolute atomic E-state index is 6.35. The molecule has 1 saturated heterocycles. The van der Waals surface area contributed by atoms with Gasteiger partial charge in [0.25, 0.3) is 0 Å². The summed E-state index contributed by atoms with van der Waals surface area (Å²) < 4.78 is 6.35. The van der Waals surface area contributed by atoms with Gasteiger partial charge in [0, 0.05) is 12.0 Å². The van der Waals surface area contributed by atoms with Crippen LogP contribution in [0.1, 0.15) is 86.0 Å². The minimum atomic E-state index is 0.00106. The number of hydrogen-bond acceptors (Lipinski definition) is 2. The van der Waals surface area contributed by atoms with E-state index in [9.17, 15) is 0 Å². The molecule has 1 aliphatic heterocycles. The van der Waals surface area contributed by atoms with Gasteiger partial charge in [-0.1, -0.05) is 45.4 Å². The zero-order chi connectivity index (χ0) is 15.5. The number of hydrogen-bond donors (Lipinski definition) is 1. The quantitative estimate of drug-likeness (QED) is 0.727. The fourth-order valence-electron chi connectivity index (χ4n) is 4.84. The third kappa shape index (κ3) is 4.69. The lowest BCUT2D eigenvalue weighted by Gasteiger charge is -2.35. The van der Waals surface area contributed by atoms with Crippen LogP contribution in [-0.2, 0) is 4.74 Å². The first kappa shape index (κ1) is 17.3. The van der Waals surface area contributed by atoms with E-state index in [-0.39, 0.29) is 11.2 Å². The molecule has 0 bridgehead atoms. The predicted octanol–water partition coefficient (Wildman–Crippen LogP) is 4.92. The summed E-state index contributed by atoms with van der Waals surface area (Å²) in [5, 5.41) is 3.81. The lowest BCUT2D eigenvalue weighted by atomic mass is 9.77. The zero-order valence-electron chi connectivity index (χ0n) is 15.0. The molecule has 2 fully saturated rings. The van der Waals surface area contributed by atoms with E-state index < -0.39 is 0 Å². The van der Waals surface area contributed by atoms with E-state index in [0.717, 1.165) is 12.5 Å². The molecule has 1 aliphatic carbocycles. The van der Waals surface area contributed by atoms with Crippen LogP contribution in [0.5, 0.6) is 0 Å². The van der Waals surface area contributed by atoms with Crippen LogP contribution in [0, 0.1) is 11.8 Å². The fraction of sp³-hybridized carbons (Fsp3) is 1.00. The molecule has 1 saturated carbocycles. The van der Waals surface area contributed by atoms with Crippen molar-refractivity contribution in [2.24, 2.45) is 11.8 Å². The Kier molecular flexibility index (Phi) is 5.76. The van der Waals surface area contributed by atoms with Crippen LogP contribution < -0.4 is 5.32 Å². The smallest absolute Gasteiger partial charge is 0.0677 e. The minimum Gasteiger partial charge on any atom is -0.369 e. The van der Waals surface area contributed by atoms with Crippen molar-refractivity contribution in [3.63, 3.8) is 0 Å². The van der Waals surface area contributed by atoms with Crippen molar-refractivity contribution < 1.29 is 4.74 Å². The summed E-state index contributed by atoms with van der Waals surface area (Å²) in [6.45, 7) is 12.4. The minimum absolute atomic E-state index is 0.00106. The largest absolute Gasteiger partial charge is 0.369 e. The third-order valence-electron chi connectivity index (χ3n) is 5.66. The molecule has 124 valence electrons. The van der Waals surface area contributed by atoms with E-state index in [2.05, 4.69) is 39.9 Å². The van der Waals surface area contributed by atoms with Crippen molar-refractivity contribution >= 4 is 0 Å². The van der Waals surface area contributed by atoms with Gasteiger partial charge in [0.15, 0.2) is 0 Å². The van der Waals surface area contributed by atoms with Gasteiger partial charge < -0.3 is 10.1 Å². The molecule has 2 atom stereocenters. The SMILES string of the molecule is CCNC(CC1CCCCCC1)C1CC(C)(C)OC1(C)C. The molecule has 2 heteroatoms. The van der Waals surface area contributed by atoms with E-state index in [4.69, 9.17) is 4.74 Å². The summed E-state index contributed by atoms with van der Waals surface area (Å²) in [6.07, 6.45) is 11.2. The predicted molar refractivity (Wildman–Crippen MR) is 90.6 cm³/mol. The number of rotatable bonds is 5. The van der Waals surface area contributed by atoms with Crippen LogP contribution >= 0.6 is 0 Å². The van der Waals surface area contributed by atoms with Crippen molar-refractivity contribution in [1.29, 1.82) is 0 Å². The topological polar surface area (TPSA) is 21.3 Å². The van der Waals surface area contributed by atoms with Crippen LogP contribution in [0.15, 0.2) is 0 Å². The molecule has 2 unspecified atom stereocenters. The highest BCUT2D eigenvalue weighted by Gasteiger charge is 2.48. The highest BCUT2D eigenvalue weighted by molar-refractivity contribution is 5.00. The third-order valence-corrected chi connectivity index (χ3v) is 5.66. The Morgan fingerprint density at radius 2 is 1.67 bits per heavy atom. The Labute approximate surface area is 132 Å². The molecule has 0 aromatic carbocycles. The number of ether oxygens (including phenoxy) is 1. The maximum Gasteiger partial charge on any atom is 0.0677 e. The Morgan fingerprint density at radius 1 is 1.05 bits per heavy atom. The summed E-state index contributed by atoms with van der Waals surface area (Å²) >= 11 is 0. The molecule has 1 heterocycles. The Balaban J connectivity index is 2.03. The summed E-state index contributed by atoms with van der Waals surface area (Å²) in [5.41, 5.74) is 0.0341. The van der Waals surface area contributed by atoms with Gasteiger partial charge in [-0.25, -0.2) is 0 Å². The van der Waals surface area contributed by atoms with Gasteiger partial charge >= 0.3 is 0 Å². The van der Waals surface area contributed by atoms with Crippen molar-refractivity contribution in [3.8, 4) is 0 Å². The van der Waals surface area contributed by atoms with Crippen LogP contribution in [0.3, 0.4) is 0 Å². The second-order valence-corrected chi connectivity index (χ2v) is 8.53. The molecule has 0 aromatic heterocycles. The summed E-state index contributed by atoms with van der Waals surface area (Å²) in [5.74, 6) is 1.56. The van der Waals surface area contributed by atoms with Gasteiger partial charge in [0.1, 0.15) is 0 Å². The Bertz CT molecular complexity index is 316. The molecule has 1 N–H and O–H groups in total. The molecule has 0 spiro atoms. The lowest BCUT2D eigenvalue weighted by molar-refractivity contribution is -0.0783. The van der Waals surface area contributed by atoms with E-state index in [1.54, 1.807) is 0 Å². The van der Waals surface area contributed by atoms with E-state index in [1.165, 1.54) is 51.4 Å². The molecule has 0 aromatic rings. The average Bonchev–Trinajstić information content (AvgIpc) is 2.57. The average molecular weight is 296 g/mol. The van der Waals surface area contributed by atoms with Crippen LogP contribution in [0.25, 0.3) is 0 Å². The first-order chi connectivity index (χ1) is 9.84. The molecule has 2 nitrogen and oxygen atoms in total. The van der Waals surface area contributed by atoms with Gasteiger partial charge in [-0.3, -0.25) is 0 Å². The number of nitrogens with one attached hydrogen (secondary N) is 1. The zero-order valence-corrected chi connectivity index (χ0v) is 15.0. The molecule has 2 rings (SSSR count). The van der Waals surface area contributed by atoms with Gasteiger partial charge in [0.2, 0.25) is 0 Å². The maximum atomic E-state index is 6.35. The summed E-state index contributed by atoms with van der Waals surface area (Å²) in [4.78, 5) is 0. The van der Waals surface area contributed by atoms with E-state index in [1.807, 2.05) is 0 Å². The first-order valence-electron chi connectivity index (χ1n) is 9.27. The molecular formula is C19H37NO. The normalized spacial score (nSPS) is 31.0. The van der Waals surface area contributed by atoms with Crippen molar-refractivity contribution in [1.82, 2.24) is 5.32 Å². The van der Waals surface area contributed by atoms with Crippen molar-refractivity contribution in [2.75, 3.05) is 6.54 Å². The van der Waals surface area contributed by atoms with Crippen LogP contribution in [0.2, 0.25) is 0 Å². The van der Waals surface area contributed by atoms with Gasteiger partial charge in [-0.2, -0.15) is 0 Å². The molecule has 21 heavy (non-hydrogen) atoms. The monoisotopic (exact) mass is 295 g/mol. The van der Waals surface area contributed by atoms with Gasteiger partial charge in [0.05, 0.1) is 11.2 Å². The van der Waals surface area contributed by atoms with Crippen LogP contribution in [-0.4, -0.2) is 23.8 Å². The molecule has 0 radical (unpaired) electrons. The summed E-state index contributed by atoms with van der Waals surface area (Å²) in [6, 6.07) is 0.620. The summed E-state index contributed by atoms with van der Waals surface area (Å²) in [7, 11) is 0. The van der Waals surface area contributed by atoms with Crippen LogP contribution in [0.4, 0.5) is 0 Å². The van der Waals surface area contributed by atoms with Gasteiger partial charge in [-0.05, 0) is 53.0 Å². The van der Waals surface area contributed by atoms with Crippen molar-refractivity contribution in [2.45, 2.75) is 103 Å². The standard InChI is InChI=1S/C19H37NO/c1-6-20-17(13-15-11-9-7-8-10-12-15)16-14-18(2,3)21-19(16,4)5/h15-17,20H,6-14H2,1-5H3. The first-order valence-corrected chi connectivity index (χ1v) is 9.27. The highest BCUT2D eigenvalue weighted by Crippen LogP contribution is 2.45. The highest BCUT2D eigenvalue weighted by atomic mass is 16.5. The Morgan fingerprint density at radius 3 is 2.14 bits per heavy atom. The van der Waals surface area contributed by atoms with E-state index in [0.29, 0.717) is 12.0 Å². The second-order valence-electron chi connectivity index (χ2n) is 8.53. The lowest BCUT2D eigenvalue weighted by Crippen LogP contribution is -2.45. The van der Waals surface area contributed by atoms with E-state index >= 15 is 0 Å². The molecular weight excluding hydrogens is 258 g/mol. The molecule has 2 aliphatic rings. The van der Waals surface area contributed by atoms with Crippen molar-refractivity contribution in [3.05, 3.63) is 0 Å². The Hall–Kier alpha value is -0.0800. The molecule has 0 amide bonds. The fourth-order valence-corrected chi connectivity index (χ4v) is 4.84. The van der Waals surface area contributed by atoms with Gasteiger partial charge in [-0.15, -0.1) is 0 Å². The second kappa shape index (κ2) is 7.00.